The molecule has 4 atom stereocenters. The molecule has 0 aromatic carbocycles. The van der Waals surface area contributed by atoms with Gasteiger partial charge in [0.2, 0.25) is 5.91 Å². The molecule has 4 unspecified atom stereocenters. The van der Waals surface area contributed by atoms with E-state index in [0.717, 1.165) is 50.5 Å². The van der Waals surface area contributed by atoms with Crippen LogP contribution in [0.15, 0.2) is 0 Å². The average molecular weight is 363 g/mol. The number of ether oxygens (including phenoxy) is 1. The van der Waals surface area contributed by atoms with Crippen LogP contribution in [0.1, 0.15) is 71.1 Å². The van der Waals surface area contributed by atoms with Crippen molar-refractivity contribution in [3.05, 3.63) is 0 Å². The lowest BCUT2D eigenvalue weighted by Crippen LogP contribution is -2.49. The van der Waals surface area contributed by atoms with E-state index in [1.807, 2.05) is 4.90 Å². The first-order chi connectivity index (χ1) is 12.7. The number of rotatable bonds is 4. The molecule has 2 saturated carbocycles. The molecule has 0 aromatic heterocycles. The molecule has 148 valence electrons. The average Bonchev–Trinajstić information content (AvgIpc) is 3.04. The van der Waals surface area contributed by atoms with Crippen LogP contribution in [0.4, 0.5) is 0 Å². The van der Waals surface area contributed by atoms with E-state index in [0.29, 0.717) is 12.2 Å². The van der Waals surface area contributed by atoms with Gasteiger partial charge in [-0.1, -0.05) is 32.1 Å². The lowest BCUT2D eigenvalue weighted by molar-refractivity contribution is -0.130. The van der Waals surface area contributed by atoms with Gasteiger partial charge in [-0.15, -0.1) is 0 Å². The largest absolute Gasteiger partial charge is 0.373 e. The van der Waals surface area contributed by atoms with Gasteiger partial charge in [0.15, 0.2) is 0 Å². The van der Waals surface area contributed by atoms with Crippen LogP contribution >= 0.6 is 0 Å². The van der Waals surface area contributed by atoms with Gasteiger partial charge in [-0.25, -0.2) is 0 Å². The van der Waals surface area contributed by atoms with Crippen LogP contribution in [0.3, 0.4) is 0 Å². The molecule has 26 heavy (non-hydrogen) atoms. The standard InChI is InChI=1S/C22H38N2O2/c1-17(25)24-11-9-23(10-12-24)16-21-15-20-14-19(7-8-22(20)26-21)13-18-5-3-2-4-6-18/h18-22H,2-16H2,1H3. The molecule has 2 heterocycles. The van der Waals surface area contributed by atoms with Gasteiger partial charge in [0.1, 0.15) is 0 Å². The van der Waals surface area contributed by atoms with Gasteiger partial charge in [0, 0.05) is 39.6 Å². The first-order valence-corrected chi connectivity index (χ1v) is 11.3. The zero-order chi connectivity index (χ0) is 17.9. The number of piperazine rings is 1. The third-order valence-electron chi connectivity index (χ3n) is 7.63. The van der Waals surface area contributed by atoms with Crippen molar-refractivity contribution in [3.63, 3.8) is 0 Å². The highest BCUT2D eigenvalue weighted by Crippen LogP contribution is 2.43. The Morgan fingerprint density at radius 3 is 2.42 bits per heavy atom. The maximum atomic E-state index is 11.5. The summed E-state index contributed by atoms with van der Waals surface area (Å²) in [5.74, 6) is 3.04. The van der Waals surface area contributed by atoms with E-state index < -0.39 is 0 Å². The van der Waals surface area contributed by atoms with Gasteiger partial charge in [-0.05, 0) is 49.9 Å². The van der Waals surface area contributed by atoms with E-state index in [4.69, 9.17) is 4.74 Å². The van der Waals surface area contributed by atoms with Gasteiger partial charge >= 0.3 is 0 Å². The summed E-state index contributed by atoms with van der Waals surface area (Å²) in [7, 11) is 0. The predicted molar refractivity (Wildman–Crippen MR) is 104 cm³/mol. The first kappa shape index (κ1) is 18.7. The number of carbonyl (C=O) groups excluding carboxylic acids is 1. The van der Waals surface area contributed by atoms with Crippen molar-refractivity contribution in [2.24, 2.45) is 17.8 Å². The molecule has 4 fully saturated rings. The van der Waals surface area contributed by atoms with E-state index in [-0.39, 0.29) is 5.91 Å². The molecule has 0 spiro atoms. The van der Waals surface area contributed by atoms with Gasteiger partial charge < -0.3 is 9.64 Å². The van der Waals surface area contributed by atoms with Crippen LogP contribution < -0.4 is 0 Å². The van der Waals surface area contributed by atoms with Gasteiger partial charge in [0.25, 0.3) is 0 Å². The summed E-state index contributed by atoms with van der Waals surface area (Å²) in [6.45, 7) is 6.56. The second kappa shape index (κ2) is 8.60. The third-order valence-corrected chi connectivity index (χ3v) is 7.63. The highest BCUT2D eigenvalue weighted by atomic mass is 16.5. The Bertz CT molecular complexity index is 469. The minimum Gasteiger partial charge on any atom is -0.373 e. The molecule has 4 rings (SSSR count). The zero-order valence-corrected chi connectivity index (χ0v) is 16.7. The lowest BCUT2D eigenvalue weighted by Gasteiger charge is -2.35. The predicted octanol–water partition coefficient (Wildman–Crippen LogP) is 3.69. The number of fused-ring (bicyclic) bond motifs is 1. The summed E-state index contributed by atoms with van der Waals surface area (Å²) in [5, 5.41) is 0. The summed E-state index contributed by atoms with van der Waals surface area (Å²) in [6, 6.07) is 0. The third kappa shape index (κ3) is 4.62. The summed E-state index contributed by atoms with van der Waals surface area (Å²) >= 11 is 0. The molecule has 0 aromatic rings. The van der Waals surface area contributed by atoms with Crippen molar-refractivity contribution < 1.29 is 9.53 Å². The Morgan fingerprint density at radius 2 is 1.69 bits per heavy atom. The van der Waals surface area contributed by atoms with E-state index in [1.165, 1.54) is 64.2 Å². The van der Waals surface area contributed by atoms with Crippen molar-refractivity contribution in [1.29, 1.82) is 0 Å². The number of hydrogen-bond donors (Lipinski definition) is 0. The SMILES string of the molecule is CC(=O)N1CCN(CC2CC3CC(CC4CCCCC4)CCC3O2)CC1. The topological polar surface area (TPSA) is 32.8 Å². The summed E-state index contributed by atoms with van der Waals surface area (Å²) in [5.41, 5.74) is 0. The summed E-state index contributed by atoms with van der Waals surface area (Å²) in [4.78, 5) is 16.0. The normalized spacial score (nSPS) is 36.9. The number of hydrogen-bond acceptors (Lipinski definition) is 3. The fourth-order valence-electron chi connectivity index (χ4n) is 6.16. The molecule has 4 aliphatic rings. The first-order valence-electron chi connectivity index (χ1n) is 11.3. The minimum absolute atomic E-state index is 0.219. The Kier molecular flexibility index (Phi) is 6.20. The van der Waals surface area contributed by atoms with E-state index >= 15 is 0 Å². The van der Waals surface area contributed by atoms with Crippen molar-refractivity contribution in [3.8, 4) is 0 Å². The molecular weight excluding hydrogens is 324 g/mol. The van der Waals surface area contributed by atoms with Crippen molar-refractivity contribution in [2.75, 3.05) is 32.7 Å². The molecule has 4 nitrogen and oxygen atoms in total. The maximum Gasteiger partial charge on any atom is 0.219 e. The molecule has 4 heteroatoms. The van der Waals surface area contributed by atoms with Crippen LogP contribution in [0.25, 0.3) is 0 Å². The molecule has 2 aliphatic heterocycles. The molecule has 2 aliphatic carbocycles. The van der Waals surface area contributed by atoms with Gasteiger partial charge in [-0.2, -0.15) is 0 Å². The summed E-state index contributed by atoms with van der Waals surface area (Å²) in [6.07, 6.45) is 15.3. The fraction of sp³-hybridized carbons (Fsp3) is 0.955. The second-order valence-corrected chi connectivity index (χ2v) is 9.52. The van der Waals surface area contributed by atoms with Crippen LogP contribution in [0.5, 0.6) is 0 Å². The van der Waals surface area contributed by atoms with E-state index in [2.05, 4.69) is 4.90 Å². The number of amides is 1. The second-order valence-electron chi connectivity index (χ2n) is 9.52. The Labute approximate surface area is 159 Å². The van der Waals surface area contributed by atoms with Crippen molar-refractivity contribution >= 4 is 5.91 Å². The van der Waals surface area contributed by atoms with Gasteiger partial charge in [-0.3, -0.25) is 9.69 Å². The monoisotopic (exact) mass is 362 g/mol. The highest BCUT2D eigenvalue weighted by Gasteiger charge is 2.40. The highest BCUT2D eigenvalue weighted by molar-refractivity contribution is 5.73. The Morgan fingerprint density at radius 1 is 0.923 bits per heavy atom. The molecule has 1 amide bonds. The van der Waals surface area contributed by atoms with Crippen LogP contribution in [0.2, 0.25) is 0 Å². The molecular formula is C22H38N2O2. The zero-order valence-electron chi connectivity index (χ0n) is 16.7. The van der Waals surface area contributed by atoms with Crippen LogP contribution in [0, 0.1) is 17.8 Å². The van der Waals surface area contributed by atoms with Crippen LogP contribution in [-0.4, -0.2) is 60.6 Å². The molecule has 2 saturated heterocycles. The van der Waals surface area contributed by atoms with E-state index in [9.17, 15) is 4.79 Å². The minimum atomic E-state index is 0.219. The Hall–Kier alpha value is -0.610. The fourth-order valence-corrected chi connectivity index (χ4v) is 6.16. The number of carbonyl (C=O) groups is 1. The van der Waals surface area contributed by atoms with Gasteiger partial charge in [0.05, 0.1) is 12.2 Å². The molecule has 0 N–H and O–H groups in total. The lowest BCUT2D eigenvalue weighted by atomic mass is 9.73. The van der Waals surface area contributed by atoms with Crippen molar-refractivity contribution in [2.45, 2.75) is 83.3 Å². The molecule has 0 bridgehead atoms. The smallest absolute Gasteiger partial charge is 0.219 e. The Balaban J connectivity index is 1.20. The molecule has 0 radical (unpaired) electrons. The van der Waals surface area contributed by atoms with Crippen molar-refractivity contribution in [1.82, 2.24) is 9.80 Å². The maximum absolute atomic E-state index is 11.5. The number of nitrogens with zero attached hydrogens (tertiary/aromatic N) is 2. The van der Waals surface area contributed by atoms with E-state index in [1.54, 1.807) is 6.92 Å². The van der Waals surface area contributed by atoms with Crippen LogP contribution in [-0.2, 0) is 9.53 Å². The quantitative estimate of drug-likeness (QED) is 0.764. The summed E-state index contributed by atoms with van der Waals surface area (Å²) < 4.78 is 6.46.